The molecule has 0 radical (unpaired) electrons. The fourth-order valence-corrected chi connectivity index (χ4v) is 5.93. The van der Waals surface area contributed by atoms with Crippen LogP contribution in [0.15, 0.2) is 125 Å². The number of hydrogen-bond donors (Lipinski definition) is 1. The van der Waals surface area contributed by atoms with Crippen LogP contribution in [0, 0.1) is 13.8 Å². The molecule has 0 fully saturated rings. The Morgan fingerprint density at radius 1 is 0.733 bits per heavy atom. The first-order valence-electron chi connectivity index (χ1n) is 18.9. The van der Waals surface area contributed by atoms with E-state index in [4.69, 9.17) is 39.7 Å². The molecule has 306 valence electrons. The monoisotopic (exact) mass is 829 g/mol. The summed E-state index contributed by atoms with van der Waals surface area (Å²) in [6.07, 6.45) is 5.82. The molecule has 0 spiro atoms. The maximum atomic E-state index is 13.4. The minimum absolute atomic E-state index is 0.00394. The second-order valence-electron chi connectivity index (χ2n) is 13.4. The minimum atomic E-state index is -0.786. The molecule has 0 atom stereocenters. The van der Waals surface area contributed by atoms with E-state index >= 15 is 0 Å². The second-order valence-corrected chi connectivity index (χ2v) is 13.8. The van der Waals surface area contributed by atoms with Crippen LogP contribution >= 0.6 is 11.6 Å². The first-order valence-corrected chi connectivity index (χ1v) is 19.3. The Kier molecular flexibility index (Phi) is 14.4. The predicted octanol–water partition coefficient (Wildman–Crippen LogP) is 9.87. The molecule has 0 amide bonds. The number of carbonyl (C=O) groups excluding carboxylic acids is 4. The highest BCUT2D eigenvalue weighted by molar-refractivity contribution is 6.32. The van der Waals surface area contributed by atoms with Crippen LogP contribution in [0.1, 0.15) is 73.4 Å². The molecule has 0 unspecified atom stereocenters. The molecule has 0 aliphatic heterocycles. The van der Waals surface area contributed by atoms with Crippen molar-refractivity contribution in [3.05, 3.63) is 154 Å². The maximum Gasteiger partial charge on any atom is 0.343 e. The number of halogens is 1. The average molecular weight is 830 g/mol. The molecule has 5 aromatic carbocycles. The van der Waals surface area contributed by atoms with Crippen molar-refractivity contribution in [2.45, 2.75) is 39.5 Å². The number of unbranched alkanes of at least 4 members (excludes halogenated alkanes) is 3. The summed E-state index contributed by atoms with van der Waals surface area (Å²) in [6, 6.07) is 27.7. The van der Waals surface area contributed by atoms with Crippen molar-refractivity contribution in [3.8, 4) is 23.0 Å². The van der Waals surface area contributed by atoms with Gasteiger partial charge in [0, 0.05) is 11.6 Å². The Labute approximate surface area is 350 Å². The van der Waals surface area contributed by atoms with Gasteiger partial charge < -0.3 is 28.1 Å². The van der Waals surface area contributed by atoms with Gasteiger partial charge >= 0.3 is 29.9 Å². The highest BCUT2D eigenvalue weighted by atomic mass is 35.5. The van der Waals surface area contributed by atoms with Crippen LogP contribution in [0.3, 0.4) is 0 Å². The molecule has 0 aliphatic carbocycles. The zero-order valence-electron chi connectivity index (χ0n) is 32.8. The minimum Gasteiger partial charge on any atom is -0.494 e. The number of oxazole rings is 1. The van der Waals surface area contributed by atoms with Crippen molar-refractivity contribution in [3.63, 3.8) is 0 Å². The van der Waals surface area contributed by atoms with Gasteiger partial charge in [0.25, 0.3) is 0 Å². The van der Waals surface area contributed by atoms with Crippen LogP contribution < -0.4 is 24.4 Å². The number of para-hydroxylation sites is 2. The van der Waals surface area contributed by atoms with Gasteiger partial charge in [-0.15, -0.1) is 0 Å². The number of esters is 4. The number of nitrogens with zero attached hydrogens (tertiary/aromatic N) is 2. The van der Waals surface area contributed by atoms with Gasteiger partial charge in [-0.05, 0) is 124 Å². The fraction of sp³-hybridized carbons (Fsp3) is 0.174. The second kappa shape index (κ2) is 20.4. The Bertz CT molecular complexity index is 2520. The van der Waals surface area contributed by atoms with Crippen molar-refractivity contribution in [2.75, 3.05) is 18.6 Å². The predicted molar refractivity (Wildman–Crippen MR) is 225 cm³/mol. The number of aromatic nitrogens is 1. The van der Waals surface area contributed by atoms with Crippen molar-refractivity contribution >= 4 is 58.8 Å². The van der Waals surface area contributed by atoms with Gasteiger partial charge in [-0.3, -0.25) is 0 Å². The Morgan fingerprint density at radius 2 is 1.37 bits per heavy atom. The maximum absolute atomic E-state index is 13.4. The molecule has 60 heavy (non-hydrogen) atoms. The Balaban J connectivity index is 1.11. The van der Waals surface area contributed by atoms with Gasteiger partial charge in [-0.25, -0.2) is 24.6 Å². The summed E-state index contributed by atoms with van der Waals surface area (Å²) >= 11 is 6.45. The van der Waals surface area contributed by atoms with E-state index in [1.54, 1.807) is 42.5 Å². The highest BCUT2D eigenvalue weighted by Gasteiger charge is 2.19. The van der Waals surface area contributed by atoms with Gasteiger partial charge in [0.15, 0.2) is 5.58 Å². The summed E-state index contributed by atoms with van der Waals surface area (Å²) in [5.74, 6) is -1.42. The molecule has 1 aromatic heterocycles. The SMILES string of the molecule is C=CC(=O)OCCCCCCOc1ccc(C(=O)Oc2ccc(C(=O)Oc3ccc(C(=O)Oc4ccc(C)cc4C)cc3Cl)cc2/C=N/Nc2nc3ccccc3o2)cc1. The normalized spacial score (nSPS) is 10.9. The molecule has 6 aromatic rings. The number of fused-ring (bicyclic) bond motifs is 1. The molecule has 0 saturated heterocycles. The van der Waals surface area contributed by atoms with E-state index < -0.39 is 23.9 Å². The van der Waals surface area contributed by atoms with Crippen LogP contribution in [-0.4, -0.2) is 48.3 Å². The van der Waals surface area contributed by atoms with Crippen molar-refractivity contribution in [2.24, 2.45) is 5.10 Å². The summed E-state index contributed by atoms with van der Waals surface area (Å²) in [6.45, 7) is 7.98. The lowest BCUT2D eigenvalue weighted by atomic mass is 10.1. The first-order chi connectivity index (χ1) is 29.1. The number of anilines is 1. The molecule has 0 aliphatic rings. The summed E-state index contributed by atoms with van der Waals surface area (Å²) in [7, 11) is 0. The van der Waals surface area contributed by atoms with E-state index in [2.05, 4.69) is 22.1 Å². The van der Waals surface area contributed by atoms with Crippen molar-refractivity contribution in [1.82, 2.24) is 4.98 Å². The highest BCUT2D eigenvalue weighted by Crippen LogP contribution is 2.29. The number of hydrazone groups is 1. The van der Waals surface area contributed by atoms with Crippen LogP contribution in [0.5, 0.6) is 23.0 Å². The third-order valence-electron chi connectivity index (χ3n) is 8.82. The number of rotatable bonds is 18. The molecule has 0 saturated carbocycles. The van der Waals surface area contributed by atoms with Crippen LogP contribution in [0.2, 0.25) is 5.02 Å². The summed E-state index contributed by atoms with van der Waals surface area (Å²) in [5.41, 5.74) is 6.44. The molecule has 1 N–H and O–H groups in total. The van der Waals surface area contributed by atoms with Gasteiger partial charge in [0.2, 0.25) is 0 Å². The van der Waals surface area contributed by atoms with Crippen LogP contribution in [-0.2, 0) is 9.53 Å². The smallest absolute Gasteiger partial charge is 0.343 e. The number of nitrogens with one attached hydrogen (secondary N) is 1. The fourth-order valence-electron chi connectivity index (χ4n) is 5.71. The van der Waals surface area contributed by atoms with Crippen LogP contribution in [0.25, 0.3) is 11.1 Å². The molecule has 1 heterocycles. The van der Waals surface area contributed by atoms with Crippen molar-refractivity contribution < 1.29 is 47.3 Å². The lowest BCUT2D eigenvalue weighted by molar-refractivity contribution is -0.137. The standard InChI is InChI=1S/C46H40ClN3O10/c1-4-42(51)56-24-10-6-5-9-23-55-35-18-14-31(15-19-35)43(52)58-39-21-16-32(26-34(39)28-48-50-46-49-37-11-7-8-12-41(37)60-46)44(53)59-40-22-17-33(27-36(40)47)45(54)57-38-20-13-29(2)25-30(38)3/h4,7-8,11-22,25-28H,1,5-6,9-10,23-24H2,2-3H3,(H,49,50)/b48-28+. The first kappa shape index (κ1) is 42.4. The van der Waals surface area contributed by atoms with Gasteiger partial charge in [-0.2, -0.15) is 10.1 Å². The largest absolute Gasteiger partial charge is 0.494 e. The lowest BCUT2D eigenvalue weighted by Gasteiger charge is -2.12. The van der Waals surface area contributed by atoms with Gasteiger partial charge in [-0.1, -0.05) is 48.0 Å². The number of benzene rings is 5. The van der Waals surface area contributed by atoms with E-state index in [9.17, 15) is 19.2 Å². The molecule has 6 rings (SSSR count). The number of aryl methyl sites for hydroxylation is 2. The molecule has 13 nitrogen and oxygen atoms in total. The zero-order chi connectivity index (χ0) is 42.4. The molecule has 0 bridgehead atoms. The van der Waals surface area contributed by atoms with Gasteiger partial charge in [0.1, 0.15) is 28.5 Å². The zero-order valence-corrected chi connectivity index (χ0v) is 33.5. The van der Waals surface area contributed by atoms with Gasteiger partial charge in [0.05, 0.1) is 41.1 Å². The van der Waals surface area contributed by atoms with E-state index in [1.807, 2.05) is 38.1 Å². The van der Waals surface area contributed by atoms with E-state index in [-0.39, 0.29) is 44.8 Å². The van der Waals surface area contributed by atoms with Crippen molar-refractivity contribution in [1.29, 1.82) is 0 Å². The molecular formula is C46H40ClN3O10. The number of hydrogen-bond acceptors (Lipinski definition) is 13. The molecule has 14 heteroatoms. The topological polar surface area (TPSA) is 165 Å². The average Bonchev–Trinajstić information content (AvgIpc) is 3.67. The lowest BCUT2D eigenvalue weighted by Crippen LogP contribution is -2.13. The Morgan fingerprint density at radius 3 is 2.08 bits per heavy atom. The van der Waals surface area contributed by atoms with Crippen LogP contribution in [0.4, 0.5) is 6.01 Å². The third-order valence-corrected chi connectivity index (χ3v) is 9.11. The summed E-state index contributed by atoms with van der Waals surface area (Å²) in [5, 5.41) is 4.22. The molecular weight excluding hydrogens is 790 g/mol. The van der Waals surface area contributed by atoms with E-state index in [0.717, 1.165) is 42.9 Å². The van der Waals surface area contributed by atoms with E-state index in [1.165, 1.54) is 42.6 Å². The summed E-state index contributed by atoms with van der Waals surface area (Å²) in [4.78, 5) is 55.0. The quantitative estimate of drug-likeness (QED) is 0.0218. The third kappa shape index (κ3) is 11.7. The number of ether oxygens (including phenoxy) is 5. The summed E-state index contributed by atoms with van der Waals surface area (Å²) < 4.78 is 33.4. The Hall–Kier alpha value is -7.25. The number of carbonyl (C=O) groups is 4. The van der Waals surface area contributed by atoms with E-state index in [0.29, 0.717) is 35.8 Å².